The van der Waals surface area contributed by atoms with E-state index in [1.54, 1.807) is 13.8 Å². The van der Waals surface area contributed by atoms with Crippen LogP contribution in [0.2, 0.25) is 0 Å². The summed E-state index contributed by atoms with van der Waals surface area (Å²) in [5, 5.41) is 8.35. The van der Waals surface area contributed by atoms with Crippen LogP contribution >= 0.6 is 0 Å². The van der Waals surface area contributed by atoms with E-state index >= 15 is 0 Å². The fraction of sp³-hybridized carbons (Fsp3) is 0.222. The summed E-state index contributed by atoms with van der Waals surface area (Å²) in [6.45, 7) is 6.26. The first kappa shape index (κ1) is 10.6. The molecule has 0 radical (unpaired) electrons. The minimum absolute atomic E-state index is 0.515. The van der Waals surface area contributed by atoms with Crippen LogP contribution in [0.15, 0.2) is 35.7 Å². The van der Waals surface area contributed by atoms with E-state index in [9.17, 15) is 9.18 Å². The highest BCUT2D eigenvalue weighted by Crippen LogP contribution is 2.10. The van der Waals surface area contributed by atoms with Crippen LogP contribution < -0.4 is 0 Å². The van der Waals surface area contributed by atoms with Crippen LogP contribution in [-0.4, -0.2) is 11.1 Å². The van der Waals surface area contributed by atoms with Gasteiger partial charge in [0.1, 0.15) is 5.83 Å². The summed E-state index contributed by atoms with van der Waals surface area (Å²) in [7, 11) is 0. The first-order valence-electron chi connectivity index (χ1n) is 3.37. The van der Waals surface area contributed by atoms with E-state index in [0.717, 1.165) is 6.08 Å². The summed E-state index contributed by atoms with van der Waals surface area (Å²) in [4.78, 5) is 10.2. The Labute approximate surface area is 70.7 Å². The molecule has 0 spiro atoms. The molecule has 0 aromatic carbocycles. The van der Waals surface area contributed by atoms with Crippen LogP contribution in [0.3, 0.4) is 0 Å². The van der Waals surface area contributed by atoms with Crippen molar-refractivity contribution >= 4 is 5.97 Å². The highest BCUT2D eigenvalue weighted by atomic mass is 19.1. The van der Waals surface area contributed by atoms with E-state index in [2.05, 4.69) is 6.58 Å². The highest BCUT2D eigenvalue weighted by Gasteiger charge is 1.96. The molecular formula is C9H11FO2. The van der Waals surface area contributed by atoms with E-state index in [1.165, 1.54) is 6.08 Å². The van der Waals surface area contributed by atoms with Crippen molar-refractivity contribution in [2.45, 2.75) is 13.8 Å². The third-order valence-electron chi connectivity index (χ3n) is 1.34. The minimum atomic E-state index is -1.04. The molecule has 12 heavy (non-hydrogen) atoms. The van der Waals surface area contributed by atoms with Gasteiger partial charge in [0.05, 0.1) is 0 Å². The Balaban J connectivity index is 4.59. The molecule has 3 heteroatoms. The topological polar surface area (TPSA) is 37.3 Å². The molecule has 0 unspecified atom stereocenters. The molecule has 0 fully saturated rings. The van der Waals surface area contributed by atoms with E-state index in [4.69, 9.17) is 5.11 Å². The molecule has 0 saturated heterocycles. The molecule has 0 aliphatic rings. The predicted molar refractivity (Wildman–Crippen MR) is 45.4 cm³/mol. The maximum Gasteiger partial charge on any atom is 0.328 e. The lowest BCUT2D eigenvalue weighted by atomic mass is 10.1. The largest absolute Gasteiger partial charge is 0.478 e. The van der Waals surface area contributed by atoms with Crippen LogP contribution in [0.1, 0.15) is 13.8 Å². The van der Waals surface area contributed by atoms with Crippen molar-refractivity contribution in [3.8, 4) is 0 Å². The first-order valence-corrected chi connectivity index (χ1v) is 3.37. The van der Waals surface area contributed by atoms with Crippen LogP contribution in [-0.2, 0) is 4.79 Å². The van der Waals surface area contributed by atoms with Gasteiger partial charge in [-0.15, -0.1) is 0 Å². The van der Waals surface area contributed by atoms with Gasteiger partial charge in [0.25, 0.3) is 0 Å². The van der Waals surface area contributed by atoms with Gasteiger partial charge in [0, 0.05) is 6.08 Å². The number of carbonyl (C=O) groups is 1. The van der Waals surface area contributed by atoms with Gasteiger partial charge < -0.3 is 5.11 Å². The zero-order chi connectivity index (χ0) is 9.72. The second-order valence-corrected chi connectivity index (χ2v) is 2.44. The molecule has 66 valence electrons. The zero-order valence-electron chi connectivity index (χ0n) is 7.10. The van der Waals surface area contributed by atoms with Crippen molar-refractivity contribution in [1.29, 1.82) is 0 Å². The molecule has 2 nitrogen and oxygen atoms in total. The maximum absolute atomic E-state index is 12.2. The monoisotopic (exact) mass is 170 g/mol. The van der Waals surface area contributed by atoms with Gasteiger partial charge in [-0.2, -0.15) is 0 Å². The van der Waals surface area contributed by atoms with Crippen molar-refractivity contribution in [3.05, 3.63) is 35.7 Å². The summed E-state index contributed by atoms with van der Waals surface area (Å²) in [5.74, 6) is -1.62. The van der Waals surface area contributed by atoms with Gasteiger partial charge in [-0.05, 0) is 31.1 Å². The summed E-state index contributed by atoms with van der Waals surface area (Å²) in [6.07, 6.45) is 2.21. The Kier molecular flexibility index (Phi) is 3.97. The van der Waals surface area contributed by atoms with E-state index in [-0.39, 0.29) is 0 Å². The van der Waals surface area contributed by atoms with E-state index in [0.29, 0.717) is 11.1 Å². The van der Waals surface area contributed by atoms with E-state index < -0.39 is 11.8 Å². The first-order chi connectivity index (χ1) is 5.43. The second-order valence-electron chi connectivity index (χ2n) is 2.44. The normalized spacial score (nSPS) is 12.9. The molecule has 0 rings (SSSR count). The maximum atomic E-state index is 12.2. The van der Waals surface area contributed by atoms with Crippen molar-refractivity contribution in [2.75, 3.05) is 0 Å². The number of allylic oxidation sites excluding steroid dienone is 4. The lowest BCUT2D eigenvalue weighted by Gasteiger charge is -1.97. The van der Waals surface area contributed by atoms with Gasteiger partial charge in [-0.25, -0.2) is 9.18 Å². The number of carboxylic acid groups (broad SMARTS) is 1. The summed E-state index contributed by atoms with van der Waals surface area (Å²) in [5.41, 5.74) is 1.08. The Morgan fingerprint density at radius 1 is 1.33 bits per heavy atom. The SMILES string of the molecule is C=C(F)/C=C(C)/C(C)=C/C(=O)O. The highest BCUT2D eigenvalue weighted by molar-refractivity contribution is 5.81. The molecule has 0 saturated carbocycles. The lowest BCUT2D eigenvalue weighted by molar-refractivity contribution is -0.131. The van der Waals surface area contributed by atoms with Crippen LogP contribution in [0.4, 0.5) is 4.39 Å². The van der Waals surface area contributed by atoms with E-state index in [1.807, 2.05) is 0 Å². The van der Waals surface area contributed by atoms with Crippen LogP contribution in [0.25, 0.3) is 0 Å². The van der Waals surface area contributed by atoms with Gasteiger partial charge in [-0.3, -0.25) is 0 Å². The lowest BCUT2D eigenvalue weighted by Crippen LogP contribution is -1.90. The Hall–Kier alpha value is -1.38. The van der Waals surface area contributed by atoms with Crippen molar-refractivity contribution in [3.63, 3.8) is 0 Å². The Morgan fingerprint density at radius 2 is 1.75 bits per heavy atom. The number of hydrogen-bond acceptors (Lipinski definition) is 1. The smallest absolute Gasteiger partial charge is 0.328 e. The van der Waals surface area contributed by atoms with Gasteiger partial charge in [0.2, 0.25) is 0 Å². The molecule has 0 atom stereocenters. The zero-order valence-corrected chi connectivity index (χ0v) is 7.10. The molecule has 1 N–H and O–H groups in total. The average Bonchev–Trinajstić information content (AvgIpc) is 1.84. The third-order valence-corrected chi connectivity index (χ3v) is 1.34. The van der Waals surface area contributed by atoms with Gasteiger partial charge in [-0.1, -0.05) is 6.58 Å². The Morgan fingerprint density at radius 3 is 2.08 bits per heavy atom. The van der Waals surface area contributed by atoms with Crippen molar-refractivity contribution in [1.82, 2.24) is 0 Å². The second kappa shape index (κ2) is 4.49. The van der Waals surface area contributed by atoms with Crippen molar-refractivity contribution in [2.24, 2.45) is 0 Å². The molecule has 0 amide bonds. The molecule has 0 aromatic heterocycles. The third kappa shape index (κ3) is 4.44. The number of rotatable bonds is 3. The summed E-state index contributed by atoms with van der Waals surface area (Å²) in [6, 6.07) is 0. The average molecular weight is 170 g/mol. The molecule has 0 bridgehead atoms. The molecule has 0 aliphatic heterocycles. The fourth-order valence-electron chi connectivity index (χ4n) is 0.648. The minimum Gasteiger partial charge on any atom is -0.478 e. The molecule has 0 aliphatic carbocycles. The summed E-state index contributed by atoms with van der Waals surface area (Å²) < 4.78 is 12.2. The van der Waals surface area contributed by atoms with Crippen LogP contribution in [0, 0.1) is 0 Å². The fourth-order valence-corrected chi connectivity index (χ4v) is 0.648. The van der Waals surface area contributed by atoms with Gasteiger partial charge >= 0.3 is 5.97 Å². The molecular weight excluding hydrogens is 159 g/mol. The Bertz CT molecular complexity index is 234. The number of halogens is 1. The number of aliphatic carboxylic acids is 1. The predicted octanol–water partition coefficient (Wildman–Crippen LogP) is 2.45. The standard InChI is InChI=1S/C9H11FO2/c1-6(4-8(3)10)7(2)5-9(11)12/h4-5H,3H2,1-2H3,(H,11,12)/b6-4+,7-5+. The number of carboxylic acids is 1. The quantitative estimate of drug-likeness (QED) is 0.521. The summed E-state index contributed by atoms with van der Waals surface area (Å²) >= 11 is 0. The van der Waals surface area contributed by atoms with Crippen molar-refractivity contribution < 1.29 is 14.3 Å². The number of hydrogen-bond donors (Lipinski definition) is 1. The van der Waals surface area contributed by atoms with Crippen LogP contribution in [0.5, 0.6) is 0 Å². The molecule has 0 heterocycles. The molecule has 0 aromatic rings. The van der Waals surface area contributed by atoms with Gasteiger partial charge in [0.15, 0.2) is 0 Å².